The highest BCUT2D eigenvalue weighted by Gasteiger charge is 2.59. The van der Waals surface area contributed by atoms with E-state index < -0.39 is 42.6 Å². The summed E-state index contributed by atoms with van der Waals surface area (Å²) >= 11 is 0. The van der Waals surface area contributed by atoms with Crippen molar-refractivity contribution in [2.45, 2.75) is 24.4 Å². The van der Waals surface area contributed by atoms with Gasteiger partial charge in [0.15, 0.2) is 17.6 Å². The summed E-state index contributed by atoms with van der Waals surface area (Å²) in [4.78, 5) is 28.5. The van der Waals surface area contributed by atoms with Gasteiger partial charge in [-0.2, -0.15) is 13.8 Å². The molecule has 32 heavy (non-hydrogen) atoms. The highest BCUT2D eigenvalue weighted by molar-refractivity contribution is 6.04. The number of hydrogen-bond acceptors (Lipinski definition) is 9. The van der Waals surface area contributed by atoms with Crippen LogP contribution in [0.3, 0.4) is 0 Å². The summed E-state index contributed by atoms with van der Waals surface area (Å²) in [5.41, 5.74) is -1.08. The molecule has 2 aromatic rings. The van der Waals surface area contributed by atoms with Crippen LogP contribution in [-0.4, -0.2) is 71.7 Å². The monoisotopic (exact) mass is 457 g/mol. The van der Waals surface area contributed by atoms with Crippen molar-refractivity contribution < 1.29 is 42.7 Å². The summed E-state index contributed by atoms with van der Waals surface area (Å²) in [7, 11) is 4.15. The first-order valence-electron chi connectivity index (χ1n) is 9.20. The number of aliphatic hydroxyl groups excluding tert-OH is 2. The minimum atomic E-state index is -3.85. The van der Waals surface area contributed by atoms with Crippen molar-refractivity contribution in [1.82, 2.24) is 9.55 Å². The zero-order valence-electron chi connectivity index (χ0n) is 17.2. The molecule has 0 bridgehead atoms. The Morgan fingerprint density at radius 2 is 1.88 bits per heavy atom. The molecule has 0 aliphatic carbocycles. The van der Waals surface area contributed by atoms with E-state index in [1.54, 1.807) is 0 Å². The molecule has 1 fully saturated rings. The van der Waals surface area contributed by atoms with Gasteiger partial charge in [-0.25, -0.2) is 4.79 Å². The van der Waals surface area contributed by atoms with Crippen LogP contribution in [0, 0.1) is 0 Å². The number of alkyl halides is 2. The number of nitrogens with zero attached hydrogens (tertiary/aromatic N) is 2. The summed E-state index contributed by atoms with van der Waals surface area (Å²) in [5, 5.41) is 21.0. The van der Waals surface area contributed by atoms with Gasteiger partial charge in [0, 0.05) is 11.8 Å². The third kappa shape index (κ3) is 4.09. The third-order valence-electron chi connectivity index (χ3n) is 4.81. The summed E-state index contributed by atoms with van der Waals surface area (Å²) in [6, 6.07) is 3.86. The maximum Gasteiger partial charge on any atom is 0.351 e. The Morgan fingerprint density at radius 1 is 1.25 bits per heavy atom. The van der Waals surface area contributed by atoms with E-state index in [0.29, 0.717) is 4.57 Å². The van der Waals surface area contributed by atoms with E-state index in [4.69, 9.17) is 24.1 Å². The number of aliphatic hydroxyl groups is 2. The van der Waals surface area contributed by atoms with Crippen molar-refractivity contribution in [3.05, 3.63) is 40.4 Å². The molecule has 1 saturated heterocycles. The minimum absolute atomic E-state index is 0.0880. The number of amides is 1. The van der Waals surface area contributed by atoms with Crippen molar-refractivity contribution >= 4 is 11.7 Å². The number of methoxy groups -OCH3 is 3. The van der Waals surface area contributed by atoms with Gasteiger partial charge >= 0.3 is 11.6 Å². The number of hydrogen-bond donors (Lipinski definition) is 3. The molecular formula is C19H21F2N3O8. The van der Waals surface area contributed by atoms with Gasteiger partial charge in [-0.3, -0.25) is 9.36 Å². The number of carbonyl (C=O) groups excluding carboxylic acids is 1. The van der Waals surface area contributed by atoms with Crippen LogP contribution >= 0.6 is 0 Å². The first-order chi connectivity index (χ1) is 15.2. The van der Waals surface area contributed by atoms with Gasteiger partial charge in [-0.1, -0.05) is 0 Å². The number of rotatable bonds is 7. The van der Waals surface area contributed by atoms with Crippen molar-refractivity contribution in [1.29, 1.82) is 0 Å². The van der Waals surface area contributed by atoms with E-state index >= 15 is 0 Å². The first kappa shape index (κ1) is 23.4. The summed E-state index contributed by atoms with van der Waals surface area (Å²) < 4.78 is 49.5. The molecule has 1 aromatic carbocycles. The Balaban J connectivity index is 1.85. The molecular weight excluding hydrogens is 436 g/mol. The SMILES string of the molecule is COc1cc(C(=O)Nc2ccn(C3OC(CO)C(O)C3(F)F)c(=O)n2)cc(OC)c1OC. The molecule has 13 heteroatoms. The van der Waals surface area contributed by atoms with Crippen LogP contribution in [0.5, 0.6) is 17.2 Å². The molecule has 1 aromatic heterocycles. The molecule has 1 amide bonds. The summed E-state index contributed by atoms with van der Waals surface area (Å²) in [6.45, 7) is -0.863. The van der Waals surface area contributed by atoms with Crippen LogP contribution in [0.15, 0.2) is 29.2 Å². The normalized spacial score (nSPS) is 21.8. The lowest BCUT2D eigenvalue weighted by molar-refractivity contribution is -0.140. The van der Waals surface area contributed by atoms with Crippen molar-refractivity contribution in [3.8, 4) is 17.2 Å². The third-order valence-corrected chi connectivity index (χ3v) is 4.81. The van der Waals surface area contributed by atoms with Crippen LogP contribution < -0.4 is 25.2 Å². The number of halogens is 2. The molecule has 0 saturated carbocycles. The molecule has 3 atom stereocenters. The molecule has 1 aliphatic rings. The Morgan fingerprint density at radius 3 is 2.34 bits per heavy atom. The zero-order chi connectivity index (χ0) is 23.6. The lowest BCUT2D eigenvalue weighted by atomic mass is 10.1. The quantitative estimate of drug-likeness (QED) is 0.539. The van der Waals surface area contributed by atoms with Crippen molar-refractivity contribution in [2.24, 2.45) is 0 Å². The molecule has 174 valence electrons. The van der Waals surface area contributed by atoms with Crippen LogP contribution in [0.25, 0.3) is 0 Å². The highest BCUT2D eigenvalue weighted by Crippen LogP contribution is 2.42. The summed E-state index contributed by atoms with van der Waals surface area (Å²) in [6.07, 6.45) is -5.11. The minimum Gasteiger partial charge on any atom is -0.493 e. The Kier molecular flexibility index (Phi) is 6.62. The molecule has 0 radical (unpaired) electrons. The van der Waals surface area contributed by atoms with Crippen LogP contribution in [0.1, 0.15) is 16.6 Å². The largest absolute Gasteiger partial charge is 0.493 e. The van der Waals surface area contributed by atoms with Gasteiger partial charge in [0.25, 0.3) is 5.91 Å². The van der Waals surface area contributed by atoms with Crippen LogP contribution in [0.4, 0.5) is 14.6 Å². The highest BCUT2D eigenvalue weighted by atomic mass is 19.3. The van der Waals surface area contributed by atoms with Crippen LogP contribution in [-0.2, 0) is 4.74 Å². The van der Waals surface area contributed by atoms with Gasteiger partial charge in [0.2, 0.25) is 12.0 Å². The maximum absolute atomic E-state index is 14.3. The first-order valence-corrected chi connectivity index (χ1v) is 9.20. The molecule has 3 rings (SSSR count). The van der Waals surface area contributed by atoms with E-state index in [0.717, 1.165) is 12.3 Å². The molecule has 3 N–H and O–H groups in total. The van der Waals surface area contributed by atoms with E-state index in [1.807, 2.05) is 0 Å². The second-order valence-electron chi connectivity index (χ2n) is 6.70. The van der Waals surface area contributed by atoms with Gasteiger partial charge in [0.05, 0.1) is 27.9 Å². The van der Waals surface area contributed by atoms with Crippen molar-refractivity contribution in [2.75, 3.05) is 33.3 Å². The maximum atomic E-state index is 14.3. The number of aromatic nitrogens is 2. The number of ether oxygens (including phenoxy) is 4. The van der Waals surface area contributed by atoms with Crippen LogP contribution in [0.2, 0.25) is 0 Å². The lowest BCUT2D eigenvalue weighted by Crippen LogP contribution is -2.41. The Labute approximate surface area is 180 Å². The second-order valence-corrected chi connectivity index (χ2v) is 6.70. The lowest BCUT2D eigenvalue weighted by Gasteiger charge is -2.21. The molecule has 3 unspecified atom stereocenters. The standard InChI is InChI=1S/C19H21F2N3O8/c1-29-10-6-9(7-11(30-2)14(10)31-3)16(27)22-13-4-5-24(18(28)23-13)17-19(20,21)15(26)12(8-25)32-17/h4-7,12,15,17,25-26H,8H2,1-3H3,(H,22,23,27,28). The van der Waals surface area contributed by atoms with E-state index in [1.165, 1.54) is 33.5 Å². The molecule has 0 spiro atoms. The fourth-order valence-electron chi connectivity index (χ4n) is 3.18. The van der Waals surface area contributed by atoms with E-state index in [9.17, 15) is 23.5 Å². The zero-order valence-corrected chi connectivity index (χ0v) is 17.2. The molecule has 2 heterocycles. The fraction of sp³-hybridized carbons (Fsp3) is 0.421. The average Bonchev–Trinajstić information content (AvgIpc) is 3.01. The van der Waals surface area contributed by atoms with Crippen molar-refractivity contribution in [3.63, 3.8) is 0 Å². The molecule has 1 aliphatic heterocycles. The van der Waals surface area contributed by atoms with Gasteiger partial charge < -0.3 is 34.5 Å². The average molecular weight is 457 g/mol. The van der Waals surface area contributed by atoms with Gasteiger partial charge in [0.1, 0.15) is 11.9 Å². The van der Waals surface area contributed by atoms with Gasteiger partial charge in [-0.15, -0.1) is 0 Å². The Hall–Kier alpha value is -3.29. The second kappa shape index (κ2) is 9.06. The van der Waals surface area contributed by atoms with E-state index in [2.05, 4.69) is 10.3 Å². The fourth-order valence-corrected chi connectivity index (χ4v) is 3.18. The number of benzene rings is 1. The topological polar surface area (TPSA) is 141 Å². The molecule has 11 nitrogen and oxygen atoms in total. The predicted octanol–water partition coefficient (Wildman–Crippen LogP) is 0.407. The number of anilines is 1. The number of nitrogens with one attached hydrogen (secondary N) is 1. The summed E-state index contributed by atoms with van der Waals surface area (Å²) in [5.74, 6) is -4.04. The van der Waals surface area contributed by atoms with E-state index in [-0.39, 0.29) is 28.6 Å². The Bertz CT molecular complexity index is 1040. The smallest absolute Gasteiger partial charge is 0.351 e. The number of carbonyl (C=O) groups is 1. The predicted molar refractivity (Wildman–Crippen MR) is 104 cm³/mol. The van der Waals surface area contributed by atoms with Gasteiger partial charge in [-0.05, 0) is 18.2 Å².